The van der Waals surface area contributed by atoms with Crippen molar-refractivity contribution in [1.82, 2.24) is 4.90 Å². The van der Waals surface area contributed by atoms with Crippen LogP contribution >= 0.6 is 0 Å². The molecular formula is C17H28N6. The van der Waals surface area contributed by atoms with Gasteiger partial charge in [-0.3, -0.25) is 5.41 Å². The number of amidine groups is 1. The molecule has 0 aromatic heterocycles. The molecule has 1 heterocycles. The Kier molecular flexibility index (Phi) is 5.60. The lowest BCUT2D eigenvalue weighted by atomic mass is 9.84. The number of likely N-dealkylation sites (tertiary alicyclic amines) is 1. The SMILES string of the molecule is CC1CC(C)C(C(N)=Nc2ccc(CCN)cc2)N(C(=N)N)C1. The summed E-state index contributed by atoms with van der Waals surface area (Å²) in [5.41, 5.74) is 19.6. The molecule has 1 fully saturated rings. The highest BCUT2D eigenvalue weighted by Crippen LogP contribution is 2.28. The number of aliphatic imine (C=N–C) groups is 1. The third-order valence-electron chi connectivity index (χ3n) is 4.40. The van der Waals surface area contributed by atoms with E-state index in [-0.39, 0.29) is 12.0 Å². The number of benzene rings is 1. The second-order valence-electron chi connectivity index (χ2n) is 6.54. The van der Waals surface area contributed by atoms with Gasteiger partial charge in [-0.25, -0.2) is 4.99 Å². The predicted octanol–water partition coefficient (Wildman–Crippen LogP) is 1.42. The van der Waals surface area contributed by atoms with Crippen LogP contribution in [0.2, 0.25) is 0 Å². The molecule has 126 valence electrons. The average molecular weight is 316 g/mol. The number of hydrogen-bond acceptors (Lipinski definition) is 3. The fourth-order valence-electron chi connectivity index (χ4n) is 3.41. The van der Waals surface area contributed by atoms with Gasteiger partial charge in [0.1, 0.15) is 5.84 Å². The van der Waals surface area contributed by atoms with Crippen molar-refractivity contribution in [3.05, 3.63) is 29.8 Å². The summed E-state index contributed by atoms with van der Waals surface area (Å²) < 4.78 is 0. The first-order chi connectivity index (χ1) is 10.9. The van der Waals surface area contributed by atoms with E-state index in [1.165, 1.54) is 5.56 Å². The molecule has 1 aliphatic rings. The maximum absolute atomic E-state index is 7.83. The van der Waals surface area contributed by atoms with Crippen molar-refractivity contribution in [1.29, 1.82) is 5.41 Å². The molecule has 1 saturated heterocycles. The predicted molar refractivity (Wildman–Crippen MR) is 95.8 cm³/mol. The summed E-state index contributed by atoms with van der Waals surface area (Å²) in [5.74, 6) is 1.38. The Balaban J connectivity index is 2.21. The number of nitrogens with one attached hydrogen (secondary N) is 1. The Morgan fingerprint density at radius 3 is 2.48 bits per heavy atom. The second kappa shape index (κ2) is 7.46. The Bertz CT molecular complexity index is 565. The first-order valence-corrected chi connectivity index (χ1v) is 8.16. The molecule has 3 atom stereocenters. The first kappa shape index (κ1) is 17.3. The van der Waals surface area contributed by atoms with Crippen molar-refractivity contribution in [3.8, 4) is 0 Å². The van der Waals surface area contributed by atoms with Crippen molar-refractivity contribution in [3.63, 3.8) is 0 Å². The number of nitrogens with zero attached hydrogens (tertiary/aromatic N) is 2. The summed E-state index contributed by atoms with van der Waals surface area (Å²) in [7, 11) is 0. The van der Waals surface area contributed by atoms with Crippen LogP contribution in [0.4, 0.5) is 5.69 Å². The van der Waals surface area contributed by atoms with Gasteiger partial charge < -0.3 is 22.1 Å². The van der Waals surface area contributed by atoms with Gasteiger partial charge in [0.2, 0.25) is 0 Å². The molecule has 1 aliphatic heterocycles. The number of guanidine groups is 1. The number of piperidine rings is 1. The highest BCUT2D eigenvalue weighted by Gasteiger charge is 2.35. The molecular weight excluding hydrogens is 288 g/mol. The average Bonchev–Trinajstić information content (AvgIpc) is 2.48. The summed E-state index contributed by atoms with van der Waals surface area (Å²) in [6, 6.07) is 7.83. The molecule has 0 aliphatic carbocycles. The standard InChI is InChI=1S/C17H28N6/c1-11-9-12(2)15(23(10-11)17(20)21)16(19)22-14-5-3-13(4-6-14)7-8-18/h3-6,11-12,15H,7-10,18H2,1-2H3,(H2,19,22)(H3,20,21). The highest BCUT2D eigenvalue weighted by molar-refractivity contribution is 5.92. The normalized spacial score (nSPS) is 25.4. The molecule has 1 aromatic rings. The fraction of sp³-hybridized carbons (Fsp3) is 0.529. The third-order valence-corrected chi connectivity index (χ3v) is 4.40. The molecule has 0 radical (unpaired) electrons. The van der Waals surface area contributed by atoms with Crippen molar-refractivity contribution in [2.75, 3.05) is 13.1 Å². The zero-order valence-electron chi connectivity index (χ0n) is 14.0. The summed E-state index contributed by atoms with van der Waals surface area (Å²) in [6.45, 7) is 5.70. The molecule has 2 rings (SSSR count). The van der Waals surface area contributed by atoms with E-state index < -0.39 is 0 Å². The van der Waals surface area contributed by atoms with Gasteiger partial charge in [0.05, 0.1) is 11.7 Å². The minimum Gasteiger partial charge on any atom is -0.385 e. The summed E-state index contributed by atoms with van der Waals surface area (Å²) in [5, 5.41) is 7.83. The minimum atomic E-state index is -0.118. The van der Waals surface area contributed by atoms with Crippen LogP contribution in [0.5, 0.6) is 0 Å². The lowest BCUT2D eigenvalue weighted by molar-refractivity contribution is 0.174. The Morgan fingerprint density at radius 2 is 1.91 bits per heavy atom. The number of rotatable bonds is 4. The highest BCUT2D eigenvalue weighted by atomic mass is 15.3. The van der Waals surface area contributed by atoms with E-state index in [1.54, 1.807) is 0 Å². The van der Waals surface area contributed by atoms with E-state index in [2.05, 4.69) is 18.8 Å². The van der Waals surface area contributed by atoms with Gasteiger partial charge >= 0.3 is 0 Å². The van der Waals surface area contributed by atoms with Crippen LogP contribution in [0.3, 0.4) is 0 Å². The van der Waals surface area contributed by atoms with E-state index in [4.69, 9.17) is 22.6 Å². The van der Waals surface area contributed by atoms with Gasteiger partial charge in [0, 0.05) is 6.54 Å². The summed E-state index contributed by atoms with van der Waals surface area (Å²) in [4.78, 5) is 6.42. The smallest absolute Gasteiger partial charge is 0.189 e. The van der Waals surface area contributed by atoms with E-state index in [0.29, 0.717) is 24.2 Å². The molecule has 0 spiro atoms. The fourth-order valence-corrected chi connectivity index (χ4v) is 3.41. The van der Waals surface area contributed by atoms with Crippen LogP contribution in [0, 0.1) is 17.2 Å². The van der Waals surface area contributed by atoms with Crippen molar-refractivity contribution in [2.45, 2.75) is 32.7 Å². The Morgan fingerprint density at radius 1 is 1.26 bits per heavy atom. The molecule has 0 saturated carbocycles. The lowest BCUT2D eigenvalue weighted by Gasteiger charge is -2.42. The molecule has 1 aromatic carbocycles. The Hall–Kier alpha value is -2.08. The van der Waals surface area contributed by atoms with E-state index in [9.17, 15) is 0 Å². The zero-order chi connectivity index (χ0) is 17.0. The van der Waals surface area contributed by atoms with Crippen LogP contribution < -0.4 is 17.2 Å². The van der Waals surface area contributed by atoms with Gasteiger partial charge in [-0.2, -0.15) is 0 Å². The van der Waals surface area contributed by atoms with Gasteiger partial charge in [-0.1, -0.05) is 26.0 Å². The van der Waals surface area contributed by atoms with Crippen molar-refractivity contribution >= 4 is 17.5 Å². The van der Waals surface area contributed by atoms with Gasteiger partial charge in [0.15, 0.2) is 5.96 Å². The van der Waals surface area contributed by atoms with Crippen LogP contribution in [0.1, 0.15) is 25.8 Å². The number of nitrogens with two attached hydrogens (primary N) is 3. The topological polar surface area (TPSA) is 118 Å². The quantitative estimate of drug-likeness (QED) is 0.496. The molecule has 7 N–H and O–H groups in total. The van der Waals surface area contributed by atoms with E-state index in [0.717, 1.165) is 25.1 Å². The van der Waals surface area contributed by atoms with Crippen molar-refractivity contribution < 1.29 is 0 Å². The first-order valence-electron chi connectivity index (χ1n) is 8.16. The summed E-state index contributed by atoms with van der Waals surface area (Å²) >= 11 is 0. The molecule has 3 unspecified atom stereocenters. The maximum Gasteiger partial charge on any atom is 0.189 e. The Labute approximate surface area is 138 Å². The summed E-state index contributed by atoms with van der Waals surface area (Å²) in [6.07, 6.45) is 1.91. The third kappa shape index (κ3) is 4.22. The monoisotopic (exact) mass is 316 g/mol. The van der Waals surface area contributed by atoms with Crippen LogP contribution in [-0.2, 0) is 6.42 Å². The molecule has 6 heteroatoms. The van der Waals surface area contributed by atoms with Crippen LogP contribution in [-0.4, -0.2) is 35.8 Å². The molecule has 6 nitrogen and oxygen atoms in total. The minimum absolute atomic E-state index is 0.0600. The molecule has 23 heavy (non-hydrogen) atoms. The van der Waals surface area contributed by atoms with Gasteiger partial charge in [-0.05, 0) is 48.9 Å². The van der Waals surface area contributed by atoms with Gasteiger partial charge in [0.25, 0.3) is 0 Å². The largest absolute Gasteiger partial charge is 0.385 e. The number of hydrogen-bond donors (Lipinski definition) is 4. The van der Waals surface area contributed by atoms with Crippen LogP contribution in [0.25, 0.3) is 0 Å². The molecule has 0 amide bonds. The second-order valence-corrected chi connectivity index (χ2v) is 6.54. The lowest BCUT2D eigenvalue weighted by Crippen LogP contribution is -2.57. The van der Waals surface area contributed by atoms with Crippen LogP contribution in [0.15, 0.2) is 29.3 Å². The van der Waals surface area contributed by atoms with E-state index >= 15 is 0 Å². The van der Waals surface area contributed by atoms with Crippen molar-refractivity contribution in [2.24, 2.45) is 34.0 Å². The molecule has 0 bridgehead atoms. The maximum atomic E-state index is 7.83. The zero-order valence-corrected chi connectivity index (χ0v) is 14.0. The van der Waals surface area contributed by atoms with E-state index in [1.807, 2.05) is 29.2 Å². The van der Waals surface area contributed by atoms with Gasteiger partial charge in [-0.15, -0.1) is 0 Å².